The Hall–Kier alpha value is -2.15. The Labute approximate surface area is 161 Å². The lowest BCUT2D eigenvalue weighted by Gasteiger charge is -2.20. The minimum absolute atomic E-state index is 0.0685. The van der Waals surface area contributed by atoms with Crippen molar-refractivity contribution in [2.75, 3.05) is 39.2 Å². The van der Waals surface area contributed by atoms with Gasteiger partial charge in [-0.1, -0.05) is 41.1 Å². The van der Waals surface area contributed by atoms with E-state index in [4.69, 9.17) is 16.3 Å². The first kappa shape index (κ1) is 18.6. The normalized spacial score (nSPS) is 11.1. The predicted molar refractivity (Wildman–Crippen MR) is 107 cm³/mol. The Morgan fingerprint density at radius 2 is 1.96 bits per heavy atom. The van der Waals surface area contributed by atoms with E-state index < -0.39 is 0 Å². The molecule has 2 aromatic carbocycles. The number of nitrogens with zero attached hydrogens (tertiary/aromatic N) is 2. The third-order valence-electron chi connectivity index (χ3n) is 4.00. The van der Waals surface area contributed by atoms with Crippen molar-refractivity contribution in [3.63, 3.8) is 0 Å². The minimum Gasteiger partial charge on any atom is -0.494 e. The molecular formula is C19H21ClN3O2S+. The third-order valence-corrected chi connectivity index (χ3v) is 5.54. The predicted octanol–water partition coefficient (Wildman–Crippen LogP) is 2.75. The molecule has 1 amide bonds. The van der Waals surface area contributed by atoms with Crippen LogP contribution >= 0.6 is 22.9 Å². The quantitative estimate of drug-likeness (QED) is 0.704. The van der Waals surface area contributed by atoms with Gasteiger partial charge in [0.05, 0.1) is 44.0 Å². The monoisotopic (exact) mass is 390 g/mol. The van der Waals surface area contributed by atoms with Crippen LogP contribution in [0.1, 0.15) is 10.4 Å². The number of halogens is 1. The number of nitrogens with one attached hydrogen (secondary N) is 1. The van der Waals surface area contributed by atoms with Crippen molar-refractivity contribution in [3.8, 4) is 5.75 Å². The van der Waals surface area contributed by atoms with Gasteiger partial charge in [-0.3, -0.25) is 9.69 Å². The number of rotatable bonds is 6. The zero-order valence-corrected chi connectivity index (χ0v) is 16.5. The Kier molecular flexibility index (Phi) is 5.76. The summed E-state index contributed by atoms with van der Waals surface area (Å²) in [4.78, 5) is 20.7. The van der Waals surface area contributed by atoms with Gasteiger partial charge in [0, 0.05) is 5.56 Å². The van der Waals surface area contributed by atoms with E-state index in [2.05, 4.69) is 19.1 Å². The number of hydrogen-bond acceptors (Lipinski definition) is 4. The lowest BCUT2D eigenvalue weighted by atomic mass is 10.2. The van der Waals surface area contributed by atoms with Gasteiger partial charge in [0.1, 0.15) is 11.3 Å². The number of aromatic nitrogens is 1. The summed E-state index contributed by atoms with van der Waals surface area (Å²) in [6, 6.07) is 12.8. The molecule has 0 aliphatic carbocycles. The first-order chi connectivity index (χ1) is 12.5. The smallest absolute Gasteiger partial charge is 0.260 e. The molecule has 0 atom stereocenters. The molecule has 1 N–H and O–H groups in total. The molecule has 1 heterocycles. The highest BCUT2D eigenvalue weighted by atomic mass is 35.5. The van der Waals surface area contributed by atoms with Crippen molar-refractivity contribution in [1.29, 1.82) is 0 Å². The molecular weight excluding hydrogens is 370 g/mol. The number of benzene rings is 2. The average molecular weight is 391 g/mol. The molecule has 0 bridgehead atoms. The molecule has 3 aromatic rings. The summed E-state index contributed by atoms with van der Waals surface area (Å²) in [6.07, 6.45) is 0. The number of likely N-dealkylation sites (N-methyl/N-ethyl adjacent to an activating group) is 1. The van der Waals surface area contributed by atoms with Gasteiger partial charge in [-0.05, 0) is 24.3 Å². The summed E-state index contributed by atoms with van der Waals surface area (Å²) < 4.78 is 6.22. The maximum Gasteiger partial charge on any atom is 0.260 e. The summed E-state index contributed by atoms with van der Waals surface area (Å²) in [6.45, 7) is 1.37. The van der Waals surface area contributed by atoms with E-state index in [-0.39, 0.29) is 5.91 Å². The van der Waals surface area contributed by atoms with Crippen LogP contribution in [0.25, 0.3) is 10.2 Å². The molecule has 0 spiro atoms. The fourth-order valence-electron chi connectivity index (χ4n) is 2.58. The summed E-state index contributed by atoms with van der Waals surface area (Å²) in [5, 5.41) is 1.23. The molecule has 26 heavy (non-hydrogen) atoms. The van der Waals surface area contributed by atoms with E-state index in [1.165, 1.54) is 16.2 Å². The Bertz CT molecular complexity index is 912. The van der Waals surface area contributed by atoms with Crippen LogP contribution in [0.2, 0.25) is 5.02 Å². The van der Waals surface area contributed by atoms with Gasteiger partial charge in [0.25, 0.3) is 5.91 Å². The number of carbonyl (C=O) groups excluding carboxylic acids is 1. The van der Waals surface area contributed by atoms with Gasteiger partial charge in [-0.25, -0.2) is 4.98 Å². The highest BCUT2D eigenvalue weighted by Gasteiger charge is 2.23. The fourth-order valence-corrected chi connectivity index (χ4v) is 3.86. The fraction of sp³-hybridized carbons (Fsp3) is 0.263. The zero-order chi connectivity index (χ0) is 18.7. The number of amides is 1. The molecule has 7 heteroatoms. The van der Waals surface area contributed by atoms with Crippen LogP contribution in [-0.2, 0) is 0 Å². The number of fused-ring (bicyclic) bond motifs is 1. The van der Waals surface area contributed by atoms with Gasteiger partial charge in [0.2, 0.25) is 0 Å². The van der Waals surface area contributed by atoms with E-state index in [9.17, 15) is 4.79 Å². The van der Waals surface area contributed by atoms with Crippen molar-refractivity contribution >= 4 is 44.2 Å². The lowest BCUT2D eigenvalue weighted by Crippen LogP contribution is -3.06. The molecule has 3 rings (SSSR count). The van der Waals surface area contributed by atoms with Gasteiger partial charge < -0.3 is 9.64 Å². The molecule has 0 radical (unpaired) electrons. The molecule has 0 saturated heterocycles. The SMILES string of the molecule is COc1ccc(Cl)c2sc(N(CC[NH+](C)C)C(=O)c3ccccc3)nc12. The van der Waals surface area contributed by atoms with Gasteiger partial charge >= 0.3 is 0 Å². The van der Waals surface area contributed by atoms with E-state index in [0.717, 1.165) is 11.2 Å². The van der Waals surface area contributed by atoms with Crippen molar-refractivity contribution < 1.29 is 14.4 Å². The summed E-state index contributed by atoms with van der Waals surface area (Å²) in [5.74, 6) is 0.582. The number of ether oxygens (including phenoxy) is 1. The van der Waals surface area contributed by atoms with Gasteiger partial charge in [-0.2, -0.15) is 0 Å². The van der Waals surface area contributed by atoms with Crippen LogP contribution in [0.5, 0.6) is 5.75 Å². The minimum atomic E-state index is -0.0685. The second-order valence-electron chi connectivity index (χ2n) is 6.20. The Balaban J connectivity index is 2.05. The number of anilines is 1. The van der Waals surface area contributed by atoms with Crippen molar-refractivity contribution in [2.45, 2.75) is 0 Å². The van der Waals surface area contributed by atoms with Crippen molar-refractivity contribution in [1.82, 2.24) is 4.98 Å². The van der Waals surface area contributed by atoms with Crippen molar-refractivity contribution in [3.05, 3.63) is 53.1 Å². The van der Waals surface area contributed by atoms with Crippen LogP contribution in [0.15, 0.2) is 42.5 Å². The number of quaternary nitrogens is 1. The summed E-state index contributed by atoms with van der Waals surface area (Å²) >= 11 is 7.74. The van der Waals surface area contributed by atoms with Crippen LogP contribution in [-0.4, -0.2) is 45.2 Å². The number of hydrogen-bond donors (Lipinski definition) is 1. The Morgan fingerprint density at radius 1 is 1.23 bits per heavy atom. The maximum atomic E-state index is 13.1. The van der Waals surface area contributed by atoms with E-state index in [1.807, 2.05) is 30.3 Å². The van der Waals surface area contributed by atoms with E-state index >= 15 is 0 Å². The Morgan fingerprint density at radius 3 is 2.62 bits per heavy atom. The third kappa shape index (κ3) is 3.82. The second kappa shape index (κ2) is 8.03. The van der Waals surface area contributed by atoms with Crippen LogP contribution < -0.4 is 14.5 Å². The first-order valence-electron chi connectivity index (χ1n) is 8.30. The van der Waals surface area contributed by atoms with Gasteiger partial charge in [0.15, 0.2) is 5.13 Å². The molecule has 136 valence electrons. The number of carbonyl (C=O) groups is 1. The number of methoxy groups -OCH3 is 1. The van der Waals surface area contributed by atoms with Crippen molar-refractivity contribution in [2.24, 2.45) is 0 Å². The highest BCUT2D eigenvalue weighted by Crippen LogP contribution is 2.38. The molecule has 0 aliphatic heterocycles. The number of thiazole rings is 1. The molecule has 0 saturated carbocycles. The van der Waals surface area contributed by atoms with Crippen LogP contribution in [0.4, 0.5) is 5.13 Å². The molecule has 5 nitrogen and oxygen atoms in total. The van der Waals surface area contributed by atoms with Crippen LogP contribution in [0, 0.1) is 0 Å². The second-order valence-corrected chi connectivity index (χ2v) is 7.59. The molecule has 0 aliphatic rings. The first-order valence-corrected chi connectivity index (χ1v) is 9.49. The standard InChI is InChI=1S/C19H20ClN3O2S/c1-22(2)11-12-23(18(24)13-7-5-4-6-8-13)19-21-16-15(25-3)10-9-14(20)17(16)26-19/h4-10H,11-12H2,1-3H3/p+1. The van der Waals surface area contributed by atoms with Gasteiger partial charge in [-0.15, -0.1) is 0 Å². The summed E-state index contributed by atoms with van der Waals surface area (Å²) in [5.41, 5.74) is 1.32. The van der Waals surface area contributed by atoms with E-state index in [1.54, 1.807) is 24.1 Å². The molecule has 1 aromatic heterocycles. The van der Waals surface area contributed by atoms with Crippen LogP contribution in [0.3, 0.4) is 0 Å². The van der Waals surface area contributed by atoms with E-state index in [0.29, 0.717) is 33.5 Å². The molecule has 0 unspecified atom stereocenters. The highest BCUT2D eigenvalue weighted by molar-refractivity contribution is 7.23. The summed E-state index contributed by atoms with van der Waals surface area (Å²) in [7, 11) is 5.72. The zero-order valence-electron chi connectivity index (χ0n) is 15.0. The lowest BCUT2D eigenvalue weighted by molar-refractivity contribution is -0.856. The maximum absolute atomic E-state index is 13.1. The topological polar surface area (TPSA) is 46.9 Å². The largest absolute Gasteiger partial charge is 0.494 e. The molecule has 0 fully saturated rings. The average Bonchev–Trinajstić information content (AvgIpc) is 3.08.